The normalized spacial score (nSPS) is 17.5. The largest absolute Gasteiger partial charge is 0.493 e. The summed E-state index contributed by atoms with van der Waals surface area (Å²) in [6.07, 6.45) is 1.43. The van der Waals surface area contributed by atoms with E-state index in [1.54, 1.807) is 7.11 Å². The molecule has 0 bridgehead atoms. The van der Waals surface area contributed by atoms with Crippen LogP contribution in [0.15, 0.2) is 18.2 Å². The molecule has 1 heterocycles. The maximum Gasteiger partial charge on any atom is 0.166 e. The van der Waals surface area contributed by atoms with Gasteiger partial charge in [0, 0.05) is 44.7 Å². The van der Waals surface area contributed by atoms with Gasteiger partial charge in [0.25, 0.3) is 0 Å². The number of nitrogens with one attached hydrogen (secondary N) is 1. The third-order valence-electron chi connectivity index (χ3n) is 3.83. The molecule has 0 spiro atoms. The predicted octanol–water partition coefficient (Wildman–Crippen LogP) is 2.11. The summed E-state index contributed by atoms with van der Waals surface area (Å²) in [4.78, 5) is 0. The molecule has 124 valence electrons. The lowest BCUT2D eigenvalue weighted by atomic mass is 9.94. The Hall–Kier alpha value is -1.30. The zero-order valence-corrected chi connectivity index (χ0v) is 13.7. The van der Waals surface area contributed by atoms with Crippen molar-refractivity contribution in [3.8, 4) is 11.5 Å². The molecule has 0 atom stereocenters. The molecule has 1 aliphatic rings. The monoisotopic (exact) mass is 309 g/mol. The number of ether oxygens (including phenoxy) is 3. The Balaban J connectivity index is 1.99. The van der Waals surface area contributed by atoms with Crippen LogP contribution in [0, 0.1) is 0 Å². The molecule has 5 heteroatoms. The summed E-state index contributed by atoms with van der Waals surface area (Å²) in [6, 6.07) is 5.86. The smallest absolute Gasteiger partial charge is 0.166 e. The lowest BCUT2D eigenvalue weighted by molar-refractivity contribution is -0.0617. The summed E-state index contributed by atoms with van der Waals surface area (Å²) < 4.78 is 16.6. The number of para-hydroxylation sites is 1. The second kappa shape index (κ2) is 7.81. The van der Waals surface area contributed by atoms with Crippen molar-refractivity contribution in [1.29, 1.82) is 0 Å². The fraction of sp³-hybridized carbons (Fsp3) is 0.647. The Morgan fingerprint density at radius 1 is 1.32 bits per heavy atom. The summed E-state index contributed by atoms with van der Waals surface area (Å²) in [6.45, 7) is 6.41. The van der Waals surface area contributed by atoms with Crippen molar-refractivity contribution in [2.24, 2.45) is 0 Å². The second-order valence-electron chi connectivity index (χ2n) is 6.06. The van der Waals surface area contributed by atoms with E-state index in [1.807, 2.05) is 32.0 Å². The fourth-order valence-electron chi connectivity index (χ4n) is 2.59. The molecule has 5 nitrogen and oxygen atoms in total. The van der Waals surface area contributed by atoms with Crippen LogP contribution in [0.5, 0.6) is 11.5 Å². The highest BCUT2D eigenvalue weighted by atomic mass is 16.5. The summed E-state index contributed by atoms with van der Waals surface area (Å²) in [5.41, 5.74) is 0.361. The third-order valence-corrected chi connectivity index (χ3v) is 3.83. The Kier molecular flexibility index (Phi) is 6.06. The molecule has 2 rings (SSSR count). The fourth-order valence-corrected chi connectivity index (χ4v) is 2.59. The van der Waals surface area contributed by atoms with Gasteiger partial charge in [0.05, 0.1) is 18.8 Å². The SMILES string of the molecule is COc1cccc(CNCC2(O)CCOCC2)c1OC(C)C. The van der Waals surface area contributed by atoms with E-state index in [1.165, 1.54) is 0 Å². The van der Waals surface area contributed by atoms with Crippen LogP contribution in [-0.2, 0) is 11.3 Å². The molecule has 0 radical (unpaired) electrons. The molecule has 1 aromatic carbocycles. The second-order valence-corrected chi connectivity index (χ2v) is 6.06. The van der Waals surface area contributed by atoms with E-state index >= 15 is 0 Å². The van der Waals surface area contributed by atoms with Gasteiger partial charge in [-0.15, -0.1) is 0 Å². The molecule has 0 aromatic heterocycles. The van der Waals surface area contributed by atoms with Gasteiger partial charge in [-0.2, -0.15) is 0 Å². The maximum absolute atomic E-state index is 10.5. The van der Waals surface area contributed by atoms with Gasteiger partial charge < -0.3 is 24.6 Å². The summed E-state index contributed by atoms with van der Waals surface area (Å²) in [7, 11) is 1.64. The zero-order valence-electron chi connectivity index (χ0n) is 13.7. The highest BCUT2D eigenvalue weighted by Gasteiger charge is 2.29. The van der Waals surface area contributed by atoms with E-state index in [2.05, 4.69) is 5.32 Å². The molecular formula is C17H27NO4. The molecule has 1 aromatic rings. The molecule has 0 amide bonds. The first-order valence-electron chi connectivity index (χ1n) is 7.87. The van der Waals surface area contributed by atoms with Crippen molar-refractivity contribution in [3.05, 3.63) is 23.8 Å². The highest BCUT2D eigenvalue weighted by Crippen LogP contribution is 2.32. The average Bonchev–Trinajstić information content (AvgIpc) is 2.49. The number of hydrogen-bond acceptors (Lipinski definition) is 5. The molecule has 1 saturated heterocycles. The van der Waals surface area contributed by atoms with E-state index in [-0.39, 0.29) is 6.10 Å². The van der Waals surface area contributed by atoms with Gasteiger partial charge in [-0.25, -0.2) is 0 Å². The average molecular weight is 309 g/mol. The molecule has 0 aliphatic carbocycles. The first-order valence-corrected chi connectivity index (χ1v) is 7.87. The minimum absolute atomic E-state index is 0.0785. The van der Waals surface area contributed by atoms with Crippen LogP contribution >= 0.6 is 0 Å². The van der Waals surface area contributed by atoms with Crippen LogP contribution in [0.2, 0.25) is 0 Å². The summed E-state index contributed by atoms with van der Waals surface area (Å²) >= 11 is 0. The first-order chi connectivity index (χ1) is 10.5. The Morgan fingerprint density at radius 2 is 2.05 bits per heavy atom. The van der Waals surface area contributed by atoms with E-state index < -0.39 is 5.60 Å². The topological polar surface area (TPSA) is 60.0 Å². The maximum atomic E-state index is 10.5. The molecule has 2 N–H and O–H groups in total. The molecule has 22 heavy (non-hydrogen) atoms. The lowest BCUT2D eigenvalue weighted by Crippen LogP contribution is -2.44. The summed E-state index contributed by atoms with van der Waals surface area (Å²) in [5.74, 6) is 1.50. The molecule has 1 fully saturated rings. The van der Waals surface area contributed by atoms with Gasteiger partial charge >= 0.3 is 0 Å². The number of hydrogen-bond donors (Lipinski definition) is 2. The van der Waals surface area contributed by atoms with E-state index in [0.29, 0.717) is 39.1 Å². The van der Waals surface area contributed by atoms with Gasteiger partial charge in [0.2, 0.25) is 0 Å². The third kappa shape index (κ3) is 4.60. The van der Waals surface area contributed by atoms with Gasteiger partial charge in [0.1, 0.15) is 0 Å². The predicted molar refractivity (Wildman–Crippen MR) is 85.5 cm³/mol. The van der Waals surface area contributed by atoms with Gasteiger partial charge in [-0.3, -0.25) is 0 Å². The van der Waals surface area contributed by atoms with E-state index in [4.69, 9.17) is 14.2 Å². The van der Waals surface area contributed by atoms with Crippen molar-refractivity contribution >= 4 is 0 Å². The standard InChI is InChI=1S/C17H27NO4/c1-13(2)22-16-14(5-4-6-15(16)20-3)11-18-12-17(19)7-9-21-10-8-17/h4-6,13,18-19H,7-12H2,1-3H3. The van der Waals surface area contributed by atoms with E-state index in [9.17, 15) is 5.11 Å². The van der Waals surface area contributed by atoms with Gasteiger partial charge in [-0.05, 0) is 19.9 Å². The number of rotatable bonds is 7. The van der Waals surface area contributed by atoms with Crippen molar-refractivity contribution in [1.82, 2.24) is 5.32 Å². The van der Waals surface area contributed by atoms with Crippen LogP contribution in [-0.4, -0.2) is 43.7 Å². The number of benzene rings is 1. The van der Waals surface area contributed by atoms with Crippen molar-refractivity contribution in [2.45, 2.75) is 44.9 Å². The van der Waals surface area contributed by atoms with Crippen molar-refractivity contribution < 1.29 is 19.3 Å². The van der Waals surface area contributed by atoms with Crippen molar-refractivity contribution in [3.63, 3.8) is 0 Å². The first kappa shape index (κ1) is 17.1. The number of methoxy groups -OCH3 is 1. The number of aliphatic hydroxyl groups is 1. The van der Waals surface area contributed by atoms with Gasteiger partial charge in [-0.1, -0.05) is 12.1 Å². The minimum Gasteiger partial charge on any atom is -0.493 e. The van der Waals surface area contributed by atoms with Crippen LogP contribution in [0.25, 0.3) is 0 Å². The Labute approximate surface area is 132 Å². The molecule has 1 aliphatic heterocycles. The lowest BCUT2D eigenvalue weighted by Gasteiger charge is -2.32. The summed E-state index contributed by atoms with van der Waals surface area (Å²) in [5, 5.41) is 13.8. The van der Waals surface area contributed by atoms with Gasteiger partial charge in [0.15, 0.2) is 11.5 Å². The molecule has 0 unspecified atom stereocenters. The molecule has 0 saturated carbocycles. The van der Waals surface area contributed by atoms with Crippen LogP contribution in [0.4, 0.5) is 0 Å². The quantitative estimate of drug-likeness (QED) is 0.808. The highest BCUT2D eigenvalue weighted by molar-refractivity contribution is 5.46. The minimum atomic E-state index is -0.670. The van der Waals surface area contributed by atoms with Crippen LogP contribution in [0.1, 0.15) is 32.3 Å². The Bertz CT molecular complexity index is 470. The van der Waals surface area contributed by atoms with Crippen LogP contribution in [0.3, 0.4) is 0 Å². The van der Waals surface area contributed by atoms with Crippen LogP contribution < -0.4 is 14.8 Å². The Morgan fingerprint density at radius 3 is 2.68 bits per heavy atom. The van der Waals surface area contributed by atoms with E-state index in [0.717, 1.165) is 17.1 Å². The zero-order chi connectivity index (χ0) is 16.0. The van der Waals surface area contributed by atoms with Crippen molar-refractivity contribution in [2.75, 3.05) is 26.9 Å². The molecular weight excluding hydrogens is 282 g/mol.